The quantitative estimate of drug-likeness (QED) is 0.910. The Bertz CT molecular complexity index is 551. The van der Waals surface area contributed by atoms with Crippen molar-refractivity contribution in [1.82, 2.24) is 5.32 Å². The monoisotopic (exact) mass is 273 g/mol. The van der Waals surface area contributed by atoms with Crippen LogP contribution in [0.5, 0.6) is 5.75 Å². The van der Waals surface area contributed by atoms with E-state index >= 15 is 0 Å². The summed E-state index contributed by atoms with van der Waals surface area (Å²) in [5.74, 6) is -0.307. The smallest absolute Gasteiger partial charge is 0.178 e. The fourth-order valence-corrected chi connectivity index (χ4v) is 2.97. The lowest BCUT2D eigenvalue weighted by Gasteiger charge is -2.16. The van der Waals surface area contributed by atoms with E-state index in [1.165, 1.54) is 19.2 Å². The Morgan fingerprint density at radius 3 is 2.67 bits per heavy atom. The van der Waals surface area contributed by atoms with E-state index in [0.717, 1.165) is 25.6 Å². The molecule has 1 saturated heterocycles. The van der Waals surface area contributed by atoms with Crippen molar-refractivity contribution in [2.45, 2.75) is 23.8 Å². The maximum Gasteiger partial charge on any atom is 0.178 e. The van der Waals surface area contributed by atoms with E-state index in [4.69, 9.17) is 4.74 Å². The summed E-state index contributed by atoms with van der Waals surface area (Å²) in [4.78, 5) is -0.318. The van der Waals surface area contributed by atoms with Gasteiger partial charge in [-0.2, -0.15) is 0 Å². The van der Waals surface area contributed by atoms with Gasteiger partial charge in [0, 0.05) is 23.9 Å². The van der Waals surface area contributed by atoms with E-state index < -0.39 is 15.7 Å². The lowest BCUT2D eigenvalue weighted by atomic mass is 10.0. The minimum Gasteiger partial charge on any atom is -0.496 e. The number of rotatable bonds is 3. The SMILES string of the molecule is COc1cc(S(C)(=O)=O)c(F)cc1C1CCCN1. The lowest BCUT2D eigenvalue weighted by molar-refractivity contribution is 0.399. The van der Waals surface area contributed by atoms with Gasteiger partial charge in [-0.3, -0.25) is 0 Å². The van der Waals surface area contributed by atoms with Gasteiger partial charge in [0.1, 0.15) is 16.5 Å². The molecule has 0 aliphatic carbocycles. The highest BCUT2D eigenvalue weighted by Crippen LogP contribution is 2.34. The Morgan fingerprint density at radius 2 is 2.17 bits per heavy atom. The number of methoxy groups -OCH3 is 1. The molecule has 1 N–H and O–H groups in total. The van der Waals surface area contributed by atoms with Crippen molar-refractivity contribution in [2.75, 3.05) is 19.9 Å². The zero-order valence-electron chi connectivity index (χ0n) is 10.4. The zero-order valence-corrected chi connectivity index (χ0v) is 11.2. The van der Waals surface area contributed by atoms with Crippen molar-refractivity contribution < 1.29 is 17.5 Å². The summed E-state index contributed by atoms with van der Waals surface area (Å²) in [5.41, 5.74) is 0.680. The molecule has 1 unspecified atom stereocenters. The minimum absolute atomic E-state index is 0.0306. The fourth-order valence-electron chi connectivity index (χ4n) is 2.23. The Kier molecular flexibility index (Phi) is 3.59. The van der Waals surface area contributed by atoms with Gasteiger partial charge in [0.15, 0.2) is 9.84 Å². The van der Waals surface area contributed by atoms with Crippen molar-refractivity contribution in [2.24, 2.45) is 0 Å². The van der Waals surface area contributed by atoms with Gasteiger partial charge in [0.25, 0.3) is 0 Å². The summed E-state index contributed by atoms with van der Waals surface area (Å²) in [6, 6.07) is 2.56. The van der Waals surface area contributed by atoms with E-state index in [2.05, 4.69) is 5.32 Å². The first-order valence-electron chi connectivity index (χ1n) is 5.74. The molecule has 1 atom stereocenters. The molecule has 1 aliphatic rings. The van der Waals surface area contributed by atoms with Gasteiger partial charge >= 0.3 is 0 Å². The summed E-state index contributed by atoms with van der Waals surface area (Å²) in [5, 5.41) is 3.24. The van der Waals surface area contributed by atoms with E-state index in [9.17, 15) is 12.8 Å². The van der Waals surface area contributed by atoms with E-state index in [0.29, 0.717) is 11.3 Å². The standard InChI is InChI=1S/C12H16FNO3S/c1-17-11-7-12(18(2,15)16)9(13)6-8(11)10-4-3-5-14-10/h6-7,10,14H,3-5H2,1-2H3. The second-order valence-electron chi connectivity index (χ2n) is 4.45. The average molecular weight is 273 g/mol. The van der Waals surface area contributed by atoms with E-state index in [1.54, 1.807) is 0 Å². The topological polar surface area (TPSA) is 55.4 Å². The molecular weight excluding hydrogens is 257 g/mol. The van der Waals surface area contributed by atoms with E-state index in [-0.39, 0.29) is 10.9 Å². The van der Waals surface area contributed by atoms with Gasteiger partial charge < -0.3 is 10.1 Å². The predicted octanol–water partition coefficient (Wildman–Crippen LogP) is 1.66. The lowest BCUT2D eigenvalue weighted by Crippen LogP contribution is -2.15. The van der Waals surface area contributed by atoms with Gasteiger partial charge in [-0.25, -0.2) is 12.8 Å². The van der Waals surface area contributed by atoms with Gasteiger partial charge in [-0.1, -0.05) is 0 Å². The first-order valence-corrected chi connectivity index (χ1v) is 7.63. The van der Waals surface area contributed by atoms with Crippen molar-refractivity contribution in [1.29, 1.82) is 0 Å². The largest absolute Gasteiger partial charge is 0.496 e. The van der Waals surface area contributed by atoms with E-state index in [1.807, 2.05) is 0 Å². The molecule has 2 rings (SSSR count). The molecule has 0 spiro atoms. The van der Waals surface area contributed by atoms with Crippen LogP contribution in [0.2, 0.25) is 0 Å². The third-order valence-corrected chi connectivity index (χ3v) is 4.23. The summed E-state index contributed by atoms with van der Waals surface area (Å²) < 4.78 is 41.9. The third-order valence-electron chi connectivity index (χ3n) is 3.12. The molecule has 100 valence electrons. The molecule has 18 heavy (non-hydrogen) atoms. The normalized spacial score (nSPS) is 20.1. The molecule has 0 amide bonds. The number of sulfone groups is 1. The maximum absolute atomic E-state index is 13.9. The number of hydrogen-bond acceptors (Lipinski definition) is 4. The van der Waals surface area contributed by atoms with Crippen LogP contribution in [0.3, 0.4) is 0 Å². The summed E-state index contributed by atoms with van der Waals surface area (Å²) in [7, 11) is -2.13. The van der Waals surface area contributed by atoms with Crippen molar-refractivity contribution in [3.63, 3.8) is 0 Å². The molecule has 1 fully saturated rings. The highest BCUT2D eigenvalue weighted by Gasteiger charge is 2.24. The highest BCUT2D eigenvalue weighted by molar-refractivity contribution is 7.90. The Morgan fingerprint density at radius 1 is 1.44 bits per heavy atom. The fraction of sp³-hybridized carbons (Fsp3) is 0.500. The van der Waals surface area contributed by atoms with Gasteiger partial charge in [0.05, 0.1) is 7.11 Å². The Hall–Kier alpha value is -1.14. The Labute approximate surface area is 106 Å². The number of halogens is 1. The van der Waals surface area contributed by atoms with Crippen LogP contribution in [-0.2, 0) is 9.84 Å². The number of benzene rings is 1. The molecule has 6 heteroatoms. The summed E-state index contributed by atoms with van der Waals surface area (Å²) >= 11 is 0. The van der Waals surface area contributed by atoms with Crippen LogP contribution in [0.15, 0.2) is 17.0 Å². The molecule has 1 aromatic carbocycles. The predicted molar refractivity (Wildman–Crippen MR) is 66.0 cm³/mol. The van der Waals surface area contributed by atoms with Crippen LogP contribution >= 0.6 is 0 Å². The molecule has 4 nitrogen and oxygen atoms in total. The zero-order chi connectivity index (χ0) is 13.3. The highest BCUT2D eigenvalue weighted by atomic mass is 32.2. The van der Waals surface area contributed by atoms with Gasteiger partial charge in [-0.05, 0) is 25.5 Å². The third kappa shape index (κ3) is 2.49. The molecule has 1 aromatic rings. The van der Waals surface area contributed by atoms with Crippen molar-refractivity contribution in [3.05, 3.63) is 23.5 Å². The second kappa shape index (κ2) is 4.85. The molecular formula is C12H16FNO3S. The first kappa shape index (κ1) is 13.3. The van der Waals surface area contributed by atoms with Gasteiger partial charge in [-0.15, -0.1) is 0 Å². The number of nitrogens with one attached hydrogen (secondary N) is 1. The molecule has 0 aromatic heterocycles. The second-order valence-corrected chi connectivity index (χ2v) is 6.43. The molecule has 0 radical (unpaired) electrons. The van der Waals surface area contributed by atoms with Gasteiger partial charge in [0.2, 0.25) is 0 Å². The van der Waals surface area contributed by atoms with Crippen molar-refractivity contribution in [3.8, 4) is 5.75 Å². The van der Waals surface area contributed by atoms with Crippen LogP contribution in [0, 0.1) is 5.82 Å². The molecule has 0 saturated carbocycles. The van der Waals surface area contributed by atoms with Crippen LogP contribution in [0.4, 0.5) is 4.39 Å². The Balaban J connectivity index is 2.52. The molecule has 0 bridgehead atoms. The van der Waals surface area contributed by atoms with Crippen LogP contribution in [0.25, 0.3) is 0 Å². The minimum atomic E-state index is -3.58. The van der Waals surface area contributed by atoms with Crippen LogP contribution in [-0.4, -0.2) is 28.3 Å². The maximum atomic E-state index is 13.9. The van der Waals surface area contributed by atoms with Crippen LogP contribution in [0.1, 0.15) is 24.4 Å². The summed E-state index contributed by atoms with van der Waals surface area (Å²) in [6.45, 7) is 0.878. The molecule has 1 aliphatic heterocycles. The number of ether oxygens (including phenoxy) is 1. The first-order chi connectivity index (χ1) is 8.43. The van der Waals surface area contributed by atoms with Crippen LogP contribution < -0.4 is 10.1 Å². The molecule has 1 heterocycles. The summed E-state index contributed by atoms with van der Waals surface area (Å²) in [6.07, 6.45) is 2.90. The number of hydrogen-bond donors (Lipinski definition) is 1. The average Bonchev–Trinajstić information content (AvgIpc) is 2.80. The van der Waals surface area contributed by atoms with Crippen molar-refractivity contribution >= 4 is 9.84 Å².